The second-order valence-electron chi connectivity index (χ2n) is 26.3. The first-order valence-electron chi connectivity index (χ1n) is 33.9. The molecule has 31 heteroatoms. The Morgan fingerprint density at radius 2 is 0.891 bits per heavy atom. The van der Waals surface area contributed by atoms with Crippen LogP contribution < -0.4 is 20.3 Å². The van der Waals surface area contributed by atoms with E-state index in [1.165, 1.54) is 30.1 Å². The van der Waals surface area contributed by atoms with E-state index in [4.69, 9.17) is 68.4 Å². The summed E-state index contributed by atoms with van der Waals surface area (Å²) in [4.78, 5) is 91.3. The molecule has 27 nitrogen and oxygen atoms in total. The van der Waals surface area contributed by atoms with E-state index in [1.54, 1.807) is 30.3 Å². The number of carbonyl (C=O) groups excluding carboxylic acids is 6. The Kier molecular flexibility index (Phi) is 39.6. The average Bonchev–Trinajstić information content (AvgIpc) is 0.790. The summed E-state index contributed by atoms with van der Waals surface area (Å²) in [7, 11) is 1.51. The van der Waals surface area contributed by atoms with Crippen LogP contribution in [0.1, 0.15) is 90.3 Å². The minimum Gasteiger partial charge on any atom is -0.491 e. The molecule has 2 aromatic carbocycles. The first kappa shape index (κ1) is 86.7. The molecule has 0 radical (unpaired) electrons. The van der Waals surface area contributed by atoms with Crippen LogP contribution in [0.4, 0.5) is 18.9 Å². The lowest BCUT2D eigenvalue weighted by molar-refractivity contribution is -0.158. The molecule has 3 aromatic rings. The van der Waals surface area contributed by atoms with Crippen molar-refractivity contribution in [3.05, 3.63) is 76.6 Å². The van der Waals surface area contributed by atoms with Crippen LogP contribution in [0.25, 0.3) is 11.1 Å². The fourth-order valence-electron chi connectivity index (χ4n) is 9.59. The molecular weight excluding hydrogens is 1350 g/mol. The fraction of sp³-hybridized carbons (Fsp3) is 0.657. The largest absolute Gasteiger partial charge is 0.491 e. The summed E-state index contributed by atoms with van der Waals surface area (Å²) in [6.07, 6.45) is -3.84. The maximum atomic E-state index is 13.7. The fourth-order valence-corrected chi connectivity index (χ4v) is 9.81. The van der Waals surface area contributed by atoms with Crippen LogP contribution in [0, 0.1) is 11.3 Å². The third-order valence-electron chi connectivity index (χ3n) is 14.3. The van der Waals surface area contributed by atoms with Crippen LogP contribution >= 0.6 is 11.6 Å². The molecule has 1 aliphatic heterocycles. The Balaban J connectivity index is 0.968. The van der Waals surface area contributed by atoms with Crippen molar-refractivity contribution in [2.24, 2.45) is 0 Å². The van der Waals surface area contributed by atoms with Crippen molar-refractivity contribution in [1.29, 1.82) is 5.26 Å². The number of nitrogens with one attached hydrogen (secondary N) is 2. The maximum Gasteiger partial charge on any atom is 0.433 e. The Labute approximate surface area is 597 Å². The van der Waals surface area contributed by atoms with E-state index < -0.39 is 34.6 Å². The smallest absolute Gasteiger partial charge is 0.433 e. The number of halogens is 4. The van der Waals surface area contributed by atoms with E-state index in [-0.39, 0.29) is 123 Å². The van der Waals surface area contributed by atoms with Gasteiger partial charge in [-0.2, -0.15) is 18.4 Å². The topological polar surface area (TPSA) is 290 Å². The van der Waals surface area contributed by atoms with Crippen LogP contribution in [0.2, 0.25) is 5.02 Å². The van der Waals surface area contributed by atoms with E-state index >= 15 is 0 Å². The molecule has 2 N–H and O–H groups in total. The van der Waals surface area contributed by atoms with E-state index in [0.29, 0.717) is 162 Å². The highest BCUT2D eigenvalue weighted by molar-refractivity contribution is 6.33. The van der Waals surface area contributed by atoms with Crippen LogP contribution in [0.3, 0.4) is 0 Å². The molecule has 1 saturated heterocycles. The summed E-state index contributed by atoms with van der Waals surface area (Å²) in [5, 5.41) is 15.4. The van der Waals surface area contributed by atoms with Gasteiger partial charge in [0.2, 0.25) is 11.8 Å². The highest BCUT2D eigenvalue weighted by Gasteiger charge is 2.34. The highest BCUT2D eigenvalue weighted by Crippen LogP contribution is 2.36. The summed E-state index contributed by atoms with van der Waals surface area (Å²) < 4.78 is 107. The summed E-state index contributed by atoms with van der Waals surface area (Å²) in [6, 6.07) is 13.3. The molecule has 0 spiro atoms. The quantitative estimate of drug-likeness (QED) is 0.0376. The zero-order chi connectivity index (χ0) is 74.3. The lowest BCUT2D eigenvalue weighted by Crippen LogP contribution is -2.50. The third-order valence-corrected chi connectivity index (χ3v) is 14.6. The Bertz CT molecular complexity index is 2990. The molecule has 3 amide bonds. The molecular formula is C70H105ClF3N9O18. The number of anilines is 1. The van der Waals surface area contributed by atoms with Gasteiger partial charge in [-0.1, -0.05) is 23.7 Å². The third kappa shape index (κ3) is 38.4. The van der Waals surface area contributed by atoms with Crippen molar-refractivity contribution in [1.82, 2.24) is 35.2 Å². The van der Waals surface area contributed by atoms with Gasteiger partial charge in [0.05, 0.1) is 162 Å². The number of nitriles is 1. The molecule has 101 heavy (non-hydrogen) atoms. The summed E-state index contributed by atoms with van der Waals surface area (Å²) >= 11 is 6.38. The van der Waals surface area contributed by atoms with Crippen LogP contribution in [-0.4, -0.2) is 288 Å². The highest BCUT2D eigenvalue weighted by atomic mass is 35.5. The van der Waals surface area contributed by atoms with Crippen molar-refractivity contribution >= 4 is 52.9 Å². The molecule has 1 fully saturated rings. The SMILES string of the molecule is CN(C(=O)c1ccc(Cl)c(-c2cnc(C(F)(F)F)cc2C#N)c1)c1ccccc1OCCC(=O)NCCOCCOCCOCCOCCOCCOCCOCCOCCNC(=O)CN1CCN(CC(=O)OC(C)(C)C)CCN(CC(=O)OC(C)(C)C)CCN(CC(=O)OC(C)(C)C)CC1. The minimum atomic E-state index is -4.76. The van der Waals surface area contributed by atoms with Crippen LogP contribution in [-0.2, 0) is 82.3 Å². The van der Waals surface area contributed by atoms with Gasteiger partial charge in [-0.3, -0.25) is 53.4 Å². The second kappa shape index (κ2) is 46.1. The Hall–Kier alpha value is -6.70. The zero-order valence-electron chi connectivity index (χ0n) is 60.3. The Morgan fingerprint density at radius 3 is 1.28 bits per heavy atom. The van der Waals surface area contributed by atoms with Crippen molar-refractivity contribution in [2.75, 3.05) is 216 Å². The normalized spacial score (nSPS) is 14.3. The maximum absolute atomic E-state index is 13.7. The van der Waals surface area contributed by atoms with Gasteiger partial charge < -0.3 is 72.4 Å². The number of amides is 3. The lowest BCUT2D eigenvalue weighted by atomic mass is 9.99. The average molecular weight is 1450 g/mol. The number of nitrogens with zero attached hydrogens (tertiary/aromatic N) is 7. The number of hydrogen-bond acceptors (Lipinski definition) is 24. The number of carbonyl (C=O) groups is 6. The second-order valence-corrected chi connectivity index (χ2v) is 26.7. The molecule has 0 aliphatic carbocycles. The van der Waals surface area contributed by atoms with Gasteiger partial charge in [0.1, 0.15) is 28.2 Å². The standard InChI is InChI=1S/C70H105ClF3N9O18/c1-67(2,3)99-63(86)50-81-22-20-80(21-23-82(51-64(87)100-68(4,5)6)25-27-83(26-24-81)52-65(88)101-69(7,8)9)49-62(85)77-19-30-91-32-34-93-36-38-95-40-42-97-44-43-96-41-39-94-37-35-92-33-31-90-29-18-76-61(84)17-28-98-59-14-12-11-13-58(59)79(10)66(89)53-15-16-57(71)55(45-53)56-48-78-60(70(72,73)74)46-54(56)47-75/h11-16,45-46,48H,17-44,49-52H2,1-10H3,(H,76,84)(H,77,85). The summed E-state index contributed by atoms with van der Waals surface area (Å²) in [5.74, 6) is -1.78. The zero-order valence-corrected chi connectivity index (χ0v) is 61.1. The lowest BCUT2D eigenvalue weighted by Gasteiger charge is -2.34. The number of ether oxygens (including phenoxy) is 12. The molecule has 4 rings (SSSR count). The molecule has 0 atom stereocenters. The van der Waals surface area contributed by atoms with Gasteiger partial charge in [-0.25, -0.2) is 0 Å². The molecule has 0 saturated carbocycles. The van der Waals surface area contributed by atoms with E-state index in [0.717, 1.165) is 6.20 Å². The number of pyridine rings is 1. The number of para-hydroxylation sites is 2. The Morgan fingerprint density at radius 1 is 0.515 bits per heavy atom. The number of esters is 3. The van der Waals surface area contributed by atoms with Crippen molar-refractivity contribution in [2.45, 2.75) is 91.7 Å². The summed E-state index contributed by atoms with van der Waals surface area (Å²) in [6.45, 7) is 26.2. The van der Waals surface area contributed by atoms with Gasteiger partial charge >= 0.3 is 24.1 Å². The van der Waals surface area contributed by atoms with E-state index in [1.807, 2.05) is 81.9 Å². The van der Waals surface area contributed by atoms with E-state index in [9.17, 15) is 47.2 Å². The van der Waals surface area contributed by atoms with Crippen LogP contribution in [0.5, 0.6) is 5.75 Å². The summed E-state index contributed by atoms with van der Waals surface area (Å²) in [5.41, 5.74) is -2.86. The predicted molar refractivity (Wildman–Crippen MR) is 370 cm³/mol. The van der Waals surface area contributed by atoms with Gasteiger partial charge in [0, 0.05) is 100 Å². The number of benzene rings is 2. The van der Waals surface area contributed by atoms with Crippen LogP contribution in [0.15, 0.2) is 54.7 Å². The predicted octanol–water partition coefficient (Wildman–Crippen LogP) is 5.95. The van der Waals surface area contributed by atoms with Crippen molar-refractivity contribution in [3.8, 4) is 22.9 Å². The first-order chi connectivity index (χ1) is 47.9. The number of alkyl halides is 3. The van der Waals surface area contributed by atoms with Crippen molar-refractivity contribution < 1.29 is 98.8 Å². The van der Waals surface area contributed by atoms with E-state index in [2.05, 4.69) is 15.6 Å². The monoisotopic (exact) mass is 1450 g/mol. The van der Waals surface area contributed by atoms with Gasteiger partial charge in [-0.15, -0.1) is 0 Å². The molecule has 2 heterocycles. The number of aromatic nitrogens is 1. The molecule has 1 aromatic heterocycles. The van der Waals surface area contributed by atoms with Gasteiger partial charge in [0.25, 0.3) is 5.91 Å². The van der Waals surface area contributed by atoms with Gasteiger partial charge in [-0.05, 0) is 98.7 Å². The van der Waals surface area contributed by atoms with Gasteiger partial charge in [0.15, 0.2) is 0 Å². The molecule has 0 bridgehead atoms. The molecule has 566 valence electrons. The minimum absolute atomic E-state index is 0.000499. The molecule has 0 unspecified atom stereocenters. The van der Waals surface area contributed by atoms with Crippen molar-refractivity contribution in [3.63, 3.8) is 0 Å². The number of rotatable bonds is 42. The first-order valence-corrected chi connectivity index (χ1v) is 34.2. The number of hydrogen-bond donors (Lipinski definition) is 2. The molecule has 1 aliphatic rings.